The molecule has 3 aromatic carbocycles. The van der Waals surface area contributed by atoms with Crippen molar-refractivity contribution in [3.05, 3.63) is 92.1 Å². The van der Waals surface area contributed by atoms with Gasteiger partial charge < -0.3 is 4.74 Å². The molecule has 4 rings (SSSR count). The number of carbonyl (C=O) groups is 1. The largest absolute Gasteiger partial charge is 0.497 e. The van der Waals surface area contributed by atoms with Crippen molar-refractivity contribution in [3.8, 4) is 17.1 Å². The Morgan fingerprint density at radius 1 is 1.10 bits per heavy atom. The summed E-state index contributed by atoms with van der Waals surface area (Å²) in [5.74, 6) is 0.291. The normalized spacial score (nSPS) is 10.8. The van der Waals surface area contributed by atoms with Gasteiger partial charge in [0.1, 0.15) is 5.75 Å². The van der Waals surface area contributed by atoms with Gasteiger partial charge in [0.25, 0.3) is 11.5 Å². The number of amides is 1. The first-order valence-electron chi connectivity index (χ1n) is 8.90. The zero-order valence-corrected chi connectivity index (χ0v) is 18.1. The van der Waals surface area contributed by atoms with Crippen LogP contribution >= 0.6 is 27.5 Å². The molecule has 0 aliphatic rings. The monoisotopic (exact) mass is 483 g/mol. The second-order valence-electron chi connectivity index (χ2n) is 6.39. The van der Waals surface area contributed by atoms with Gasteiger partial charge >= 0.3 is 0 Å². The highest BCUT2D eigenvalue weighted by Crippen LogP contribution is 2.24. The van der Waals surface area contributed by atoms with Gasteiger partial charge in [-0.2, -0.15) is 4.68 Å². The van der Waals surface area contributed by atoms with Crippen LogP contribution in [-0.4, -0.2) is 22.7 Å². The SMILES string of the molecule is COc1ccc(Br)c(C(=O)Nn2c(-c3cccc(Cl)c3)nc3ccccc3c2=O)c1. The fourth-order valence-corrected chi connectivity index (χ4v) is 3.64. The quantitative estimate of drug-likeness (QED) is 0.448. The van der Waals surface area contributed by atoms with Crippen LogP contribution in [0.15, 0.2) is 76.0 Å². The van der Waals surface area contributed by atoms with E-state index in [0.717, 1.165) is 4.68 Å². The summed E-state index contributed by atoms with van der Waals surface area (Å²) in [6.07, 6.45) is 0. The van der Waals surface area contributed by atoms with Gasteiger partial charge in [-0.3, -0.25) is 15.0 Å². The van der Waals surface area contributed by atoms with Crippen molar-refractivity contribution in [1.29, 1.82) is 0 Å². The summed E-state index contributed by atoms with van der Waals surface area (Å²) in [6.45, 7) is 0. The van der Waals surface area contributed by atoms with Crippen LogP contribution in [0.4, 0.5) is 0 Å². The minimum atomic E-state index is -0.497. The van der Waals surface area contributed by atoms with Gasteiger partial charge in [0.05, 0.1) is 23.6 Å². The number of nitrogens with one attached hydrogen (secondary N) is 1. The first-order valence-corrected chi connectivity index (χ1v) is 10.1. The molecule has 0 saturated heterocycles. The van der Waals surface area contributed by atoms with Gasteiger partial charge in [-0.25, -0.2) is 4.98 Å². The van der Waals surface area contributed by atoms with E-state index in [1.807, 2.05) is 0 Å². The molecule has 0 saturated carbocycles. The lowest BCUT2D eigenvalue weighted by Crippen LogP contribution is -2.35. The number of rotatable bonds is 4. The van der Waals surface area contributed by atoms with E-state index in [2.05, 4.69) is 26.3 Å². The molecule has 0 aliphatic carbocycles. The number of ether oxygens (including phenoxy) is 1. The second-order valence-corrected chi connectivity index (χ2v) is 7.68. The van der Waals surface area contributed by atoms with Crippen molar-refractivity contribution in [2.24, 2.45) is 0 Å². The number of methoxy groups -OCH3 is 1. The minimum Gasteiger partial charge on any atom is -0.497 e. The third kappa shape index (κ3) is 3.81. The average molecular weight is 485 g/mol. The third-order valence-electron chi connectivity index (χ3n) is 4.49. The molecule has 0 unspecified atom stereocenters. The third-order valence-corrected chi connectivity index (χ3v) is 5.42. The Balaban J connectivity index is 1.89. The molecule has 0 bridgehead atoms. The molecule has 1 aromatic heterocycles. The average Bonchev–Trinajstić information content (AvgIpc) is 2.76. The number of para-hydroxylation sites is 1. The van der Waals surface area contributed by atoms with E-state index in [9.17, 15) is 9.59 Å². The molecule has 8 heteroatoms. The molecule has 0 spiro atoms. The molecule has 150 valence electrons. The predicted octanol–water partition coefficient (Wildman–Crippen LogP) is 4.87. The van der Waals surface area contributed by atoms with E-state index in [-0.39, 0.29) is 5.82 Å². The number of aromatic nitrogens is 2. The maximum absolute atomic E-state index is 13.2. The summed E-state index contributed by atoms with van der Waals surface area (Å²) in [6, 6.07) is 18.9. The lowest BCUT2D eigenvalue weighted by atomic mass is 10.2. The van der Waals surface area contributed by atoms with Gasteiger partial charge in [0.15, 0.2) is 5.82 Å². The molecule has 1 heterocycles. The molecule has 0 aliphatic heterocycles. The number of nitrogens with zero attached hydrogens (tertiary/aromatic N) is 2. The molecule has 0 atom stereocenters. The van der Waals surface area contributed by atoms with Crippen molar-refractivity contribution >= 4 is 44.3 Å². The van der Waals surface area contributed by atoms with Gasteiger partial charge in [-0.15, -0.1) is 0 Å². The summed E-state index contributed by atoms with van der Waals surface area (Å²) in [4.78, 5) is 30.9. The van der Waals surface area contributed by atoms with Crippen LogP contribution in [0.1, 0.15) is 10.4 Å². The maximum Gasteiger partial charge on any atom is 0.280 e. The minimum absolute atomic E-state index is 0.272. The Morgan fingerprint density at radius 3 is 2.67 bits per heavy atom. The molecular formula is C22H15BrClN3O3. The summed E-state index contributed by atoms with van der Waals surface area (Å²) >= 11 is 9.51. The lowest BCUT2D eigenvalue weighted by molar-refractivity contribution is 0.101. The van der Waals surface area contributed by atoms with Crippen LogP contribution in [0.25, 0.3) is 22.3 Å². The summed E-state index contributed by atoms with van der Waals surface area (Å²) < 4.78 is 6.90. The van der Waals surface area contributed by atoms with Gasteiger partial charge in [-0.1, -0.05) is 35.9 Å². The van der Waals surface area contributed by atoms with E-state index in [0.29, 0.717) is 37.3 Å². The molecule has 1 amide bonds. The van der Waals surface area contributed by atoms with Crippen LogP contribution in [-0.2, 0) is 0 Å². The first kappa shape index (κ1) is 20.1. The maximum atomic E-state index is 13.2. The molecular weight excluding hydrogens is 470 g/mol. The van der Waals surface area contributed by atoms with E-state index in [4.69, 9.17) is 16.3 Å². The predicted molar refractivity (Wildman–Crippen MR) is 121 cm³/mol. The van der Waals surface area contributed by atoms with Crippen LogP contribution in [0.5, 0.6) is 5.75 Å². The molecule has 4 aromatic rings. The van der Waals surface area contributed by atoms with Crippen molar-refractivity contribution in [2.75, 3.05) is 12.5 Å². The van der Waals surface area contributed by atoms with Crippen molar-refractivity contribution in [1.82, 2.24) is 9.66 Å². The summed E-state index contributed by atoms with van der Waals surface area (Å²) in [5.41, 5.74) is 3.69. The standard InChI is InChI=1S/C22H15BrClN3O3/c1-30-15-9-10-18(23)17(12-15)21(28)26-27-20(13-5-4-6-14(24)11-13)25-19-8-3-2-7-16(19)22(27)29/h2-12H,1H3,(H,26,28). The van der Waals surface area contributed by atoms with Crippen LogP contribution in [0.3, 0.4) is 0 Å². The summed E-state index contributed by atoms with van der Waals surface area (Å²) in [7, 11) is 1.51. The highest BCUT2D eigenvalue weighted by Gasteiger charge is 2.18. The number of hydrogen-bond donors (Lipinski definition) is 1. The van der Waals surface area contributed by atoms with Crippen LogP contribution in [0, 0.1) is 0 Å². The van der Waals surface area contributed by atoms with Crippen LogP contribution < -0.4 is 15.7 Å². The van der Waals surface area contributed by atoms with Gasteiger partial charge in [0.2, 0.25) is 0 Å². The number of carbonyl (C=O) groups excluding carboxylic acids is 1. The number of halogens is 2. The summed E-state index contributed by atoms with van der Waals surface area (Å²) in [5, 5.41) is 0.872. The number of fused-ring (bicyclic) bond motifs is 1. The Kier molecular flexibility index (Phi) is 5.57. The Morgan fingerprint density at radius 2 is 1.90 bits per heavy atom. The molecule has 0 fully saturated rings. The Bertz CT molecular complexity index is 1340. The van der Waals surface area contributed by atoms with Gasteiger partial charge in [0, 0.05) is 15.1 Å². The smallest absolute Gasteiger partial charge is 0.280 e. The van der Waals surface area contributed by atoms with E-state index < -0.39 is 11.5 Å². The number of hydrogen-bond acceptors (Lipinski definition) is 4. The van der Waals surface area contributed by atoms with Gasteiger partial charge in [-0.05, 0) is 58.4 Å². The molecule has 30 heavy (non-hydrogen) atoms. The first-order chi connectivity index (χ1) is 14.5. The fraction of sp³-hybridized carbons (Fsp3) is 0.0455. The fourth-order valence-electron chi connectivity index (χ4n) is 3.02. The topological polar surface area (TPSA) is 73.2 Å². The van der Waals surface area contributed by atoms with Crippen molar-refractivity contribution in [3.63, 3.8) is 0 Å². The van der Waals surface area contributed by atoms with Crippen LogP contribution in [0.2, 0.25) is 5.02 Å². The zero-order valence-electron chi connectivity index (χ0n) is 15.7. The molecule has 1 N–H and O–H groups in total. The van der Waals surface area contributed by atoms with E-state index in [1.54, 1.807) is 66.7 Å². The highest BCUT2D eigenvalue weighted by atomic mass is 79.9. The second kappa shape index (κ2) is 8.30. The number of benzene rings is 3. The lowest BCUT2D eigenvalue weighted by Gasteiger charge is -2.15. The van der Waals surface area contributed by atoms with E-state index in [1.165, 1.54) is 7.11 Å². The molecule has 0 radical (unpaired) electrons. The van der Waals surface area contributed by atoms with E-state index >= 15 is 0 Å². The van der Waals surface area contributed by atoms with Crippen molar-refractivity contribution < 1.29 is 9.53 Å². The Labute approximate surface area is 185 Å². The molecule has 6 nitrogen and oxygen atoms in total. The van der Waals surface area contributed by atoms with Crippen molar-refractivity contribution in [2.45, 2.75) is 0 Å². The zero-order chi connectivity index (χ0) is 21.3. The highest BCUT2D eigenvalue weighted by molar-refractivity contribution is 9.10. The Hall–Kier alpha value is -3.16.